The van der Waals surface area contributed by atoms with E-state index < -0.39 is 27.4 Å². The van der Waals surface area contributed by atoms with E-state index in [1.54, 1.807) is 0 Å². The highest BCUT2D eigenvalue weighted by atomic mass is 35.5. The van der Waals surface area contributed by atoms with E-state index in [0.29, 0.717) is 35.6 Å². The monoisotopic (exact) mass is 584 g/mol. The highest BCUT2D eigenvalue weighted by Gasteiger charge is 2.41. The zero-order valence-electron chi connectivity index (χ0n) is 23.1. The normalized spacial score (nSPS) is 16.0. The molecule has 3 rings (SSSR count). The number of thiophene rings is 1. The van der Waals surface area contributed by atoms with Gasteiger partial charge in [0.15, 0.2) is 0 Å². The molecule has 4 N–H and O–H groups in total. The van der Waals surface area contributed by atoms with Crippen molar-refractivity contribution in [2.75, 3.05) is 18.4 Å². The van der Waals surface area contributed by atoms with Gasteiger partial charge in [0.1, 0.15) is 5.00 Å². The Hall–Kier alpha value is -1.98. The molecule has 0 unspecified atom stereocenters. The SMILES string of the molecule is CCCCN(CCCC)S(=O)(=O)c1ccc(C(=O)Nc2sc3c(c2C(N)=O)CC(C)(C)NC3(C)C)cc1.Cl. The van der Waals surface area contributed by atoms with Gasteiger partial charge in [0.25, 0.3) is 11.8 Å². The molecule has 0 spiro atoms. The Labute approximate surface area is 237 Å². The molecule has 1 aliphatic rings. The molecule has 11 heteroatoms. The zero-order valence-corrected chi connectivity index (χ0v) is 25.6. The van der Waals surface area contributed by atoms with Gasteiger partial charge in [-0.2, -0.15) is 4.31 Å². The minimum absolute atomic E-state index is 0. The molecule has 0 atom stereocenters. The predicted octanol–water partition coefficient (Wildman–Crippen LogP) is 5.27. The highest BCUT2D eigenvalue weighted by Crippen LogP contribution is 2.45. The van der Waals surface area contributed by atoms with Gasteiger partial charge in [0.05, 0.1) is 10.5 Å². The van der Waals surface area contributed by atoms with Crippen LogP contribution in [0, 0.1) is 0 Å². The van der Waals surface area contributed by atoms with Crippen LogP contribution in [0.1, 0.15) is 98.4 Å². The first-order valence-electron chi connectivity index (χ1n) is 12.9. The lowest BCUT2D eigenvalue weighted by atomic mass is 9.81. The van der Waals surface area contributed by atoms with Crippen LogP contribution < -0.4 is 16.4 Å². The number of benzene rings is 1. The minimum atomic E-state index is -3.66. The van der Waals surface area contributed by atoms with Gasteiger partial charge in [-0.1, -0.05) is 26.7 Å². The number of anilines is 1. The lowest BCUT2D eigenvalue weighted by Gasteiger charge is -2.42. The van der Waals surface area contributed by atoms with Crippen molar-refractivity contribution >= 4 is 50.6 Å². The van der Waals surface area contributed by atoms with Crippen LogP contribution >= 0.6 is 23.7 Å². The van der Waals surface area contributed by atoms with Crippen molar-refractivity contribution in [2.24, 2.45) is 5.73 Å². The largest absolute Gasteiger partial charge is 0.365 e. The molecule has 2 aromatic rings. The number of rotatable bonds is 11. The molecular weight excluding hydrogens is 544 g/mol. The summed E-state index contributed by atoms with van der Waals surface area (Å²) < 4.78 is 28.0. The quantitative estimate of drug-likeness (QED) is 0.332. The molecule has 2 amide bonds. The minimum Gasteiger partial charge on any atom is -0.365 e. The number of amides is 2. The average molecular weight is 585 g/mol. The van der Waals surface area contributed by atoms with E-state index in [9.17, 15) is 18.0 Å². The molecule has 0 radical (unpaired) electrons. The van der Waals surface area contributed by atoms with Crippen molar-refractivity contribution < 1.29 is 18.0 Å². The van der Waals surface area contributed by atoms with Gasteiger partial charge in [-0.05, 0) is 76.8 Å². The predicted molar refractivity (Wildman–Crippen MR) is 157 cm³/mol. The van der Waals surface area contributed by atoms with Crippen LogP contribution in [0.15, 0.2) is 29.2 Å². The lowest BCUT2D eigenvalue weighted by molar-refractivity contribution is 0.0999. The Morgan fingerprint density at radius 1 is 1.05 bits per heavy atom. The third kappa shape index (κ3) is 6.96. The van der Waals surface area contributed by atoms with E-state index in [0.717, 1.165) is 36.1 Å². The second-order valence-electron chi connectivity index (χ2n) is 10.9. The van der Waals surface area contributed by atoms with Gasteiger partial charge in [-0.25, -0.2) is 8.42 Å². The Morgan fingerprint density at radius 2 is 1.61 bits per heavy atom. The number of sulfonamides is 1. The van der Waals surface area contributed by atoms with E-state index in [4.69, 9.17) is 5.73 Å². The fourth-order valence-corrected chi connectivity index (χ4v) is 7.79. The number of nitrogens with one attached hydrogen (secondary N) is 2. The van der Waals surface area contributed by atoms with E-state index >= 15 is 0 Å². The maximum Gasteiger partial charge on any atom is 0.256 e. The number of primary amides is 1. The van der Waals surface area contributed by atoms with Gasteiger partial charge < -0.3 is 16.4 Å². The van der Waals surface area contributed by atoms with E-state index in [-0.39, 0.29) is 22.8 Å². The second kappa shape index (κ2) is 12.5. The van der Waals surface area contributed by atoms with Gasteiger partial charge in [-0.3, -0.25) is 9.59 Å². The molecule has 0 bridgehead atoms. The second-order valence-corrected chi connectivity index (χ2v) is 13.8. The van der Waals surface area contributed by atoms with Gasteiger partial charge in [0.2, 0.25) is 10.0 Å². The fraction of sp³-hybridized carbons (Fsp3) is 0.556. The standard InChI is InChI=1S/C27H40N4O4S2.ClH/c1-7-9-15-31(16-10-8-2)37(34,35)19-13-11-18(12-14-19)24(33)29-25-21(23(28)32)20-17-26(3,4)30-27(5,6)22(20)36-25;/h11-14,30H,7-10,15-17H2,1-6H3,(H2,28,32)(H,29,33);1H. The Bertz CT molecular complexity index is 1250. The number of nitrogens with zero attached hydrogens (tertiary/aromatic N) is 1. The summed E-state index contributed by atoms with van der Waals surface area (Å²) in [5.41, 5.74) is 6.63. The van der Waals surface area contributed by atoms with E-state index in [2.05, 4.69) is 24.5 Å². The van der Waals surface area contributed by atoms with Crippen molar-refractivity contribution in [3.63, 3.8) is 0 Å². The maximum atomic E-state index is 13.2. The Balaban J connectivity index is 0.00000507. The highest BCUT2D eigenvalue weighted by molar-refractivity contribution is 7.89. The summed E-state index contributed by atoms with van der Waals surface area (Å²) >= 11 is 1.35. The number of halogens is 1. The first kappa shape index (κ1) is 32.2. The van der Waals surface area contributed by atoms with E-state index in [1.807, 2.05) is 27.7 Å². The molecule has 2 heterocycles. The molecule has 1 aliphatic heterocycles. The molecule has 0 fully saturated rings. The first-order chi connectivity index (χ1) is 17.2. The smallest absolute Gasteiger partial charge is 0.256 e. The molecule has 0 saturated carbocycles. The van der Waals surface area contributed by atoms with Crippen LogP contribution in [0.2, 0.25) is 0 Å². The molecular formula is C27H41ClN4O4S2. The van der Waals surface area contributed by atoms with Crippen LogP contribution in [-0.4, -0.2) is 43.2 Å². The fourth-order valence-electron chi connectivity index (χ4n) is 5.00. The van der Waals surface area contributed by atoms with Crippen LogP contribution in [0.5, 0.6) is 0 Å². The van der Waals surface area contributed by atoms with Crippen molar-refractivity contribution in [3.05, 3.63) is 45.8 Å². The summed E-state index contributed by atoms with van der Waals surface area (Å²) in [6, 6.07) is 5.95. The Kier molecular flexibility index (Phi) is 10.6. The summed E-state index contributed by atoms with van der Waals surface area (Å²) in [6.07, 6.45) is 4.00. The first-order valence-corrected chi connectivity index (χ1v) is 15.2. The topological polar surface area (TPSA) is 122 Å². The summed E-state index contributed by atoms with van der Waals surface area (Å²) in [5, 5.41) is 6.86. The molecule has 1 aromatic carbocycles. The maximum absolute atomic E-state index is 13.2. The number of carbonyl (C=O) groups excluding carboxylic acids is 2. The van der Waals surface area contributed by atoms with Crippen molar-refractivity contribution in [2.45, 2.75) is 89.6 Å². The molecule has 8 nitrogen and oxygen atoms in total. The van der Waals surface area contributed by atoms with Gasteiger partial charge in [0, 0.05) is 34.6 Å². The lowest BCUT2D eigenvalue weighted by Crippen LogP contribution is -2.55. The molecule has 212 valence electrons. The molecule has 38 heavy (non-hydrogen) atoms. The zero-order chi connectivity index (χ0) is 27.6. The van der Waals surface area contributed by atoms with Gasteiger partial charge in [-0.15, -0.1) is 23.7 Å². The molecule has 1 aromatic heterocycles. The number of hydrogen-bond donors (Lipinski definition) is 3. The summed E-state index contributed by atoms with van der Waals surface area (Å²) in [6.45, 7) is 13.2. The number of hydrogen-bond acceptors (Lipinski definition) is 6. The third-order valence-corrected chi connectivity index (χ3v) is 9.98. The number of unbranched alkanes of at least 4 members (excludes halogenated alkanes) is 2. The van der Waals surface area contributed by atoms with Crippen LogP contribution in [0.25, 0.3) is 0 Å². The van der Waals surface area contributed by atoms with Crippen molar-refractivity contribution in [1.82, 2.24) is 9.62 Å². The van der Waals surface area contributed by atoms with Crippen molar-refractivity contribution in [3.8, 4) is 0 Å². The van der Waals surface area contributed by atoms with Crippen LogP contribution in [0.3, 0.4) is 0 Å². The van der Waals surface area contributed by atoms with Crippen LogP contribution in [0.4, 0.5) is 5.00 Å². The van der Waals surface area contributed by atoms with Crippen LogP contribution in [-0.2, 0) is 22.0 Å². The molecule has 0 aliphatic carbocycles. The third-order valence-electron chi connectivity index (χ3n) is 6.59. The Morgan fingerprint density at radius 3 is 2.11 bits per heavy atom. The number of fused-ring (bicyclic) bond motifs is 1. The summed E-state index contributed by atoms with van der Waals surface area (Å²) in [4.78, 5) is 26.7. The molecule has 0 saturated heterocycles. The average Bonchev–Trinajstić information content (AvgIpc) is 3.16. The number of nitrogens with two attached hydrogens (primary N) is 1. The van der Waals surface area contributed by atoms with E-state index in [1.165, 1.54) is 39.9 Å². The summed E-state index contributed by atoms with van der Waals surface area (Å²) in [7, 11) is -3.66. The number of carbonyl (C=O) groups is 2. The van der Waals surface area contributed by atoms with Gasteiger partial charge >= 0.3 is 0 Å². The summed E-state index contributed by atoms with van der Waals surface area (Å²) in [5.74, 6) is -1.01. The van der Waals surface area contributed by atoms with Crippen molar-refractivity contribution in [1.29, 1.82) is 0 Å².